The van der Waals surface area contributed by atoms with Crippen molar-refractivity contribution in [3.8, 4) is 0 Å². The van der Waals surface area contributed by atoms with Gasteiger partial charge >= 0.3 is 0 Å². The third-order valence-electron chi connectivity index (χ3n) is 1.76. The van der Waals surface area contributed by atoms with Crippen LogP contribution in [-0.4, -0.2) is 21.0 Å². The van der Waals surface area contributed by atoms with Gasteiger partial charge in [-0.3, -0.25) is 4.79 Å². The highest BCUT2D eigenvalue weighted by Crippen LogP contribution is 2.34. The summed E-state index contributed by atoms with van der Waals surface area (Å²) in [5.74, 6) is 0.571. The Hall–Kier alpha value is -0.353. The number of hydrogen-bond acceptors (Lipinski definition) is 2. The molecule has 0 spiro atoms. The number of hydrogen-bond donors (Lipinski definition) is 1. The second kappa shape index (κ2) is 3.58. The first-order valence-corrected chi connectivity index (χ1v) is 7.81. The van der Waals surface area contributed by atoms with Crippen molar-refractivity contribution in [2.24, 2.45) is 5.92 Å². The first kappa shape index (κ1) is 9.73. The molecule has 0 aromatic carbocycles. The van der Waals surface area contributed by atoms with E-state index in [9.17, 15) is 4.79 Å². The molecule has 0 saturated heterocycles. The van der Waals surface area contributed by atoms with Crippen molar-refractivity contribution in [1.29, 1.82) is 0 Å². The zero-order chi connectivity index (χ0) is 9.19. The van der Waals surface area contributed by atoms with Gasteiger partial charge in [-0.15, -0.1) is 0 Å². The van der Waals surface area contributed by atoms with Crippen molar-refractivity contribution in [3.63, 3.8) is 0 Å². The molecule has 0 heterocycles. The molecule has 3 nitrogen and oxygen atoms in total. The maximum atomic E-state index is 10.3. The number of nitrogens with one attached hydrogen (secondary N) is 1. The monoisotopic (exact) mass is 187 g/mol. The van der Waals surface area contributed by atoms with Crippen LogP contribution in [0.1, 0.15) is 12.8 Å². The van der Waals surface area contributed by atoms with Crippen molar-refractivity contribution in [2.75, 3.05) is 0 Å². The second-order valence-electron chi connectivity index (χ2n) is 4.27. The molecular weight excluding hydrogens is 170 g/mol. The zero-order valence-electron chi connectivity index (χ0n) is 7.96. The summed E-state index contributed by atoms with van der Waals surface area (Å²) in [6.07, 6.45) is 3.10. The van der Waals surface area contributed by atoms with Crippen LogP contribution in [0.2, 0.25) is 19.6 Å². The van der Waals surface area contributed by atoms with Crippen LogP contribution in [0.3, 0.4) is 0 Å². The third-order valence-corrected chi connectivity index (χ3v) is 2.72. The molecule has 1 amide bonds. The Morgan fingerprint density at radius 2 is 2.08 bits per heavy atom. The summed E-state index contributed by atoms with van der Waals surface area (Å²) in [6.45, 7) is 6.40. The van der Waals surface area contributed by atoms with Gasteiger partial charge in [-0.1, -0.05) is 0 Å². The van der Waals surface area contributed by atoms with Gasteiger partial charge in [0.2, 0.25) is 6.41 Å². The lowest BCUT2D eigenvalue weighted by Gasteiger charge is -2.25. The van der Waals surface area contributed by atoms with E-state index in [2.05, 4.69) is 25.0 Å². The van der Waals surface area contributed by atoms with E-state index in [1.54, 1.807) is 0 Å². The Labute approximate surface area is 74.6 Å². The van der Waals surface area contributed by atoms with E-state index in [1.807, 2.05) is 0 Å². The van der Waals surface area contributed by atoms with E-state index in [0.717, 1.165) is 6.41 Å². The summed E-state index contributed by atoms with van der Waals surface area (Å²) in [6, 6.07) is 0. The Balaban J connectivity index is 2.37. The molecule has 1 aliphatic rings. The minimum Gasteiger partial charge on any atom is -0.398 e. The summed E-state index contributed by atoms with van der Waals surface area (Å²) < 4.78 is 5.80. The minimum absolute atomic E-state index is 0.0193. The van der Waals surface area contributed by atoms with Gasteiger partial charge in [0.1, 0.15) is 6.23 Å². The van der Waals surface area contributed by atoms with Crippen LogP contribution in [0.15, 0.2) is 0 Å². The van der Waals surface area contributed by atoms with Crippen LogP contribution in [0.4, 0.5) is 0 Å². The molecule has 12 heavy (non-hydrogen) atoms. The van der Waals surface area contributed by atoms with Crippen LogP contribution in [0, 0.1) is 5.92 Å². The largest absolute Gasteiger partial charge is 0.398 e. The van der Waals surface area contributed by atoms with E-state index in [4.69, 9.17) is 4.43 Å². The van der Waals surface area contributed by atoms with Crippen LogP contribution in [0.5, 0.6) is 0 Å². The fourth-order valence-corrected chi connectivity index (χ4v) is 2.14. The standard InChI is InChI=1S/C8H17NO2Si/c1-12(2,3)11-8(9-6-10)7-4-5-7/h6-8H,4-5H2,1-3H3,(H,9,10). The van der Waals surface area contributed by atoms with Crippen molar-refractivity contribution in [2.45, 2.75) is 38.7 Å². The lowest BCUT2D eigenvalue weighted by Crippen LogP contribution is -2.41. The van der Waals surface area contributed by atoms with E-state index >= 15 is 0 Å². The lowest BCUT2D eigenvalue weighted by atomic mass is 10.4. The molecule has 1 unspecified atom stereocenters. The average Bonchev–Trinajstić information content (AvgIpc) is 2.63. The predicted molar refractivity (Wildman–Crippen MR) is 50.1 cm³/mol. The fourth-order valence-electron chi connectivity index (χ4n) is 1.11. The Morgan fingerprint density at radius 1 is 1.50 bits per heavy atom. The maximum Gasteiger partial charge on any atom is 0.209 e. The van der Waals surface area contributed by atoms with Gasteiger partial charge in [0.15, 0.2) is 8.32 Å². The molecule has 0 aromatic heterocycles. The highest BCUT2D eigenvalue weighted by molar-refractivity contribution is 6.69. The molecule has 4 heteroatoms. The molecule has 0 bridgehead atoms. The van der Waals surface area contributed by atoms with Gasteiger partial charge in [0.25, 0.3) is 0 Å². The third kappa shape index (κ3) is 3.36. The lowest BCUT2D eigenvalue weighted by molar-refractivity contribution is -0.112. The smallest absolute Gasteiger partial charge is 0.209 e. The predicted octanol–water partition coefficient (Wildman–Crippen LogP) is 1.32. The van der Waals surface area contributed by atoms with Crippen molar-refractivity contribution >= 4 is 14.7 Å². The van der Waals surface area contributed by atoms with Gasteiger partial charge in [0, 0.05) is 5.92 Å². The summed E-state index contributed by atoms with van der Waals surface area (Å²) >= 11 is 0. The van der Waals surface area contributed by atoms with E-state index < -0.39 is 8.32 Å². The summed E-state index contributed by atoms with van der Waals surface area (Å²) in [5, 5.41) is 2.73. The molecule has 1 fully saturated rings. The molecule has 1 aliphatic carbocycles. The number of carbonyl (C=O) groups excluding carboxylic acids is 1. The molecule has 1 rings (SSSR count). The molecule has 1 atom stereocenters. The fraction of sp³-hybridized carbons (Fsp3) is 0.875. The Bertz CT molecular complexity index is 163. The van der Waals surface area contributed by atoms with Crippen LogP contribution >= 0.6 is 0 Å². The van der Waals surface area contributed by atoms with Gasteiger partial charge in [-0.25, -0.2) is 0 Å². The number of rotatable bonds is 5. The Morgan fingerprint density at radius 3 is 2.42 bits per heavy atom. The average molecular weight is 187 g/mol. The highest BCUT2D eigenvalue weighted by Gasteiger charge is 2.34. The molecule has 0 radical (unpaired) electrons. The maximum absolute atomic E-state index is 10.3. The highest BCUT2D eigenvalue weighted by atomic mass is 28.4. The molecular formula is C8H17NO2Si. The normalized spacial score (nSPS) is 20.2. The van der Waals surface area contributed by atoms with Crippen LogP contribution in [-0.2, 0) is 9.22 Å². The van der Waals surface area contributed by atoms with Gasteiger partial charge in [0.05, 0.1) is 0 Å². The van der Waals surface area contributed by atoms with Crippen LogP contribution < -0.4 is 5.32 Å². The first-order valence-electron chi connectivity index (χ1n) is 4.40. The van der Waals surface area contributed by atoms with Crippen molar-refractivity contribution in [3.05, 3.63) is 0 Å². The quantitative estimate of drug-likeness (QED) is 0.400. The molecule has 1 N–H and O–H groups in total. The first-order chi connectivity index (χ1) is 5.53. The number of carbonyl (C=O) groups is 1. The molecule has 0 aromatic rings. The summed E-state index contributed by atoms with van der Waals surface area (Å²) in [7, 11) is -1.50. The van der Waals surface area contributed by atoms with Crippen LogP contribution in [0.25, 0.3) is 0 Å². The second-order valence-corrected chi connectivity index (χ2v) is 8.73. The minimum atomic E-state index is -1.50. The number of amides is 1. The molecule has 70 valence electrons. The topological polar surface area (TPSA) is 38.3 Å². The summed E-state index contributed by atoms with van der Waals surface area (Å²) in [5.41, 5.74) is 0. The van der Waals surface area contributed by atoms with Gasteiger partial charge in [-0.05, 0) is 32.5 Å². The molecule has 1 saturated carbocycles. The summed E-state index contributed by atoms with van der Waals surface area (Å²) in [4.78, 5) is 10.3. The van der Waals surface area contributed by atoms with Crippen molar-refractivity contribution in [1.82, 2.24) is 5.32 Å². The van der Waals surface area contributed by atoms with E-state index in [1.165, 1.54) is 12.8 Å². The Kier molecular flexibility index (Phi) is 2.90. The van der Waals surface area contributed by atoms with E-state index in [-0.39, 0.29) is 6.23 Å². The van der Waals surface area contributed by atoms with Gasteiger partial charge < -0.3 is 9.74 Å². The van der Waals surface area contributed by atoms with Crippen molar-refractivity contribution < 1.29 is 9.22 Å². The SMILES string of the molecule is C[Si](C)(C)OC(NC=O)C1CC1. The molecule has 0 aliphatic heterocycles. The van der Waals surface area contributed by atoms with E-state index in [0.29, 0.717) is 5.92 Å². The van der Waals surface area contributed by atoms with Gasteiger partial charge in [-0.2, -0.15) is 0 Å². The zero-order valence-corrected chi connectivity index (χ0v) is 8.96.